The van der Waals surface area contributed by atoms with Gasteiger partial charge in [-0.25, -0.2) is 4.39 Å². The number of nitrogens with one attached hydrogen (secondary N) is 1. The Morgan fingerprint density at radius 2 is 1.83 bits per heavy atom. The van der Waals surface area contributed by atoms with Gasteiger partial charge in [0.2, 0.25) is 5.91 Å². The molecule has 8 heteroatoms. The smallest absolute Gasteiger partial charge is 0.406 e. The Bertz CT molecular complexity index is 790. The molecule has 0 aliphatic rings. The monoisotopic (exact) mass is 359 g/mol. The van der Waals surface area contributed by atoms with Crippen molar-refractivity contribution in [3.05, 3.63) is 41.7 Å². The molecular formula is C16H13F4NO2S. The van der Waals surface area contributed by atoms with Gasteiger partial charge in [-0.05, 0) is 42.8 Å². The molecule has 1 N–H and O–H groups in total. The Labute approximate surface area is 141 Å². The Hall–Kier alpha value is -2.22. The van der Waals surface area contributed by atoms with Crippen LogP contribution in [0.1, 0.15) is 12.5 Å². The number of thiol groups is 1. The van der Waals surface area contributed by atoms with Crippen LogP contribution in [0, 0.1) is 12.7 Å². The first-order chi connectivity index (χ1) is 11.1. The van der Waals surface area contributed by atoms with Gasteiger partial charge in [-0.1, -0.05) is 0 Å². The molecule has 3 nitrogen and oxygen atoms in total. The van der Waals surface area contributed by atoms with E-state index >= 15 is 0 Å². The van der Waals surface area contributed by atoms with Crippen LogP contribution in [0.25, 0.3) is 11.1 Å². The van der Waals surface area contributed by atoms with Crippen LogP contribution in [-0.4, -0.2) is 12.3 Å². The molecule has 0 bridgehead atoms. The second-order valence-corrected chi connectivity index (χ2v) is 5.54. The largest absolute Gasteiger partial charge is 0.573 e. The maximum atomic E-state index is 14.3. The summed E-state index contributed by atoms with van der Waals surface area (Å²) in [6.07, 6.45) is -4.88. The molecule has 0 radical (unpaired) electrons. The standard InChI is InChI=1S/C16H13F4NO2S/c1-8-5-13(17)11(7-15(8)24)12-6-10(23-16(18,19)20)3-4-14(12)21-9(2)22/h3-7,24H,1-2H3,(H,21,22). The first kappa shape index (κ1) is 18.1. The lowest BCUT2D eigenvalue weighted by molar-refractivity contribution is -0.274. The van der Waals surface area contributed by atoms with Gasteiger partial charge < -0.3 is 10.1 Å². The molecular weight excluding hydrogens is 346 g/mol. The van der Waals surface area contributed by atoms with E-state index in [1.165, 1.54) is 25.1 Å². The number of alkyl halides is 3. The highest BCUT2D eigenvalue weighted by Gasteiger charge is 2.31. The van der Waals surface area contributed by atoms with E-state index in [-0.39, 0.29) is 16.8 Å². The van der Waals surface area contributed by atoms with Crippen LogP contribution >= 0.6 is 12.6 Å². The van der Waals surface area contributed by atoms with Crippen molar-refractivity contribution in [1.82, 2.24) is 0 Å². The first-order valence-electron chi connectivity index (χ1n) is 6.73. The number of amides is 1. The van der Waals surface area contributed by atoms with Gasteiger partial charge in [0.05, 0.1) is 0 Å². The highest BCUT2D eigenvalue weighted by atomic mass is 32.1. The van der Waals surface area contributed by atoms with Crippen LogP contribution < -0.4 is 10.1 Å². The molecule has 2 aromatic carbocycles. The van der Waals surface area contributed by atoms with Gasteiger partial charge in [-0.2, -0.15) is 0 Å². The van der Waals surface area contributed by atoms with E-state index in [1.54, 1.807) is 6.92 Å². The molecule has 0 unspecified atom stereocenters. The van der Waals surface area contributed by atoms with Gasteiger partial charge in [0.15, 0.2) is 0 Å². The number of aryl methyl sites for hydroxylation is 1. The summed E-state index contributed by atoms with van der Waals surface area (Å²) < 4.78 is 55.4. The van der Waals surface area contributed by atoms with Crippen molar-refractivity contribution in [3.8, 4) is 16.9 Å². The number of ether oxygens (including phenoxy) is 1. The topological polar surface area (TPSA) is 38.3 Å². The van der Waals surface area contributed by atoms with E-state index in [9.17, 15) is 22.4 Å². The number of halogens is 4. The number of carbonyl (C=O) groups excluding carboxylic acids is 1. The summed E-state index contributed by atoms with van der Waals surface area (Å²) in [6.45, 7) is 2.88. The minimum absolute atomic E-state index is 0.00183. The molecule has 0 saturated heterocycles. The summed E-state index contributed by atoms with van der Waals surface area (Å²) in [5.74, 6) is -1.62. The van der Waals surface area contributed by atoms with Crippen LogP contribution in [0.2, 0.25) is 0 Å². The zero-order valence-corrected chi connectivity index (χ0v) is 13.6. The van der Waals surface area contributed by atoms with Crippen LogP contribution in [0.4, 0.5) is 23.2 Å². The molecule has 1 amide bonds. The van der Waals surface area contributed by atoms with Gasteiger partial charge in [-0.3, -0.25) is 4.79 Å². The van der Waals surface area contributed by atoms with Crippen LogP contribution in [0.5, 0.6) is 5.75 Å². The third-order valence-electron chi connectivity index (χ3n) is 3.11. The van der Waals surface area contributed by atoms with Gasteiger partial charge in [0.1, 0.15) is 11.6 Å². The molecule has 0 aliphatic carbocycles. The van der Waals surface area contributed by atoms with Crippen LogP contribution in [0.3, 0.4) is 0 Å². The molecule has 0 atom stereocenters. The molecule has 0 fully saturated rings. The summed E-state index contributed by atoms with van der Waals surface area (Å²) in [4.78, 5) is 11.7. The van der Waals surface area contributed by atoms with Gasteiger partial charge in [-0.15, -0.1) is 25.8 Å². The Kier molecular flexibility index (Phi) is 5.08. The zero-order valence-electron chi connectivity index (χ0n) is 12.7. The van der Waals surface area contributed by atoms with Gasteiger partial charge in [0.25, 0.3) is 0 Å². The molecule has 0 aromatic heterocycles. The fourth-order valence-electron chi connectivity index (χ4n) is 2.11. The number of anilines is 1. The van der Waals surface area contributed by atoms with E-state index < -0.39 is 23.8 Å². The lowest BCUT2D eigenvalue weighted by atomic mass is 10.0. The lowest BCUT2D eigenvalue weighted by Crippen LogP contribution is -2.17. The summed E-state index contributed by atoms with van der Waals surface area (Å²) >= 11 is 4.20. The van der Waals surface area contributed by atoms with E-state index in [0.717, 1.165) is 12.1 Å². The number of benzene rings is 2. The van der Waals surface area contributed by atoms with Crippen molar-refractivity contribution in [2.45, 2.75) is 25.1 Å². The van der Waals surface area contributed by atoms with Crippen molar-refractivity contribution in [3.63, 3.8) is 0 Å². The molecule has 128 valence electrons. The maximum Gasteiger partial charge on any atom is 0.573 e. The third-order valence-corrected chi connectivity index (χ3v) is 3.59. The van der Waals surface area contributed by atoms with Gasteiger partial charge in [0, 0.05) is 28.6 Å². The molecule has 24 heavy (non-hydrogen) atoms. The fraction of sp³-hybridized carbons (Fsp3) is 0.188. The van der Waals surface area contributed by atoms with Crippen molar-refractivity contribution in [1.29, 1.82) is 0 Å². The molecule has 0 heterocycles. The summed E-state index contributed by atoms with van der Waals surface area (Å²) in [5.41, 5.74) is 0.789. The van der Waals surface area contributed by atoms with Crippen LogP contribution in [0.15, 0.2) is 35.2 Å². The molecule has 0 aliphatic heterocycles. The lowest BCUT2D eigenvalue weighted by Gasteiger charge is -2.15. The zero-order chi connectivity index (χ0) is 18.1. The predicted molar refractivity (Wildman–Crippen MR) is 84.8 cm³/mol. The average molecular weight is 359 g/mol. The minimum Gasteiger partial charge on any atom is -0.406 e. The number of hydrogen-bond acceptors (Lipinski definition) is 3. The summed E-state index contributed by atoms with van der Waals surface area (Å²) in [6, 6.07) is 5.86. The number of hydrogen-bond donors (Lipinski definition) is 2. The van der Waals surface area contributed by atoms with Gasteiger partial charge >= 0.3 is 6.36 Å². The summed E-state index contributed by atoms with van der Waals surface area (Å²) in [7, 11) is 0. The molecule has 0 saturated carbocycles. The Morgan fingerprint density at radius 1 is 1.17 bits per heavy atom. The highest BCUT2D eigenvalue weighted by Crippen LogP contribution is 2.36. The molecule has 2 rings (SSSR count). The van der Waals surface area contributed by atoms with Crippen LogP contribution in [-0.2, 0) is 4.79 Å². The van der Waals surface area contributed by atoms with E-state index in [4.69, 9.17) is 0 Å². The van der Waals surface area contributed by atoms with Crippen molar-refractivity contribution in [2.24, 2.45) is 0 Å². The third kappa shape index (κ3) is 4.41. The number of rotatable bonds is 3. The van der Waals surface area contributed by atoms with E-state index in [1.807, 2.05) is 0 Å². The Balaban J connectivity index is 2.61. The SMILES string of the molecule is CC(=O)Nc1ccc(OC(F)(F)F)cc1-c1cc(S)c(C)cc1F. The summed E-state index contributed by atoms with van der Waals surface area (Å²) in [5, 5.41) is 2.46. The normalized spacial score (nSPS) is 11.3. The fourth-order valence-corrected chi connectivity index (χ4v) is 2.30. The Morgan fingerprint density at radius 3 is 2.42 bits per heavy atom. The first-order valence-corrected chi connectivity index (χ1v) is 7.18. The van der Waals surface area contributed by atoms with E-state index in [0.29, 0.717) is 10.5 Å². The van der Waals surface area contributed by atoms with Crippen molar-refractivity contribution < 1.29 is 27.1 Å². The maximum absolute atomic E-state index is 14.3. The van der Waals surface area contributed by atoms with Crippen molar-refractivity contribution >= 4 is 24.2 Å². The molecule has 0 spiro atoms. The number of carbonyl (C=O) groups is 1. The van der Waals surface area contributed by atoms with E-state index in [2.05, 4.69) is 22.7 Å². The average Bonchev–Trinajstić information content (AvgIpc) is 2.42. The minimum atomic E-state index is -4.88. The predicted octanol–water partition coefficient (Wildman–Crippen LogP) is 4.95. The molecule has 2 aromatic rings. The second kappa shape index (κ2) is 6.72. The quantitative estimate of drug-likeness (QED) is 0.601. The highest BCUT2D eigenvalue weighted by molar-refractivity contribution is 7.80. The van der Waals surface area contributed by atoms with Crippen molar-refractivity contribution in [2.75, 3.05) is 5.32 Å². The second-order valence-electron chi connectivity index (χ2n) is 5.05.